The SMILES string of the molecule is CNc1c(C(=O)NCc2ccccc2)nsc1C(=O)N1CCN(c2cccc(C(F)(F)F)c2)CC1. The van der Waals surface area contributed by atoms with Crippen LogP contribution in [-0.4, -0.2) is 54.3 Å². The standard InChI is InChI=1S/C24H24F3N5O2S/c1-28-19-20(22(33)29-15-16-6-3-2-4-7-16)30-35-21(19)23(34)32-12-10-31(11-13-32)18-9-5-8-17(14-18)24(25,26)27/h2-9,14,28H,10-13,15H2,1H3,(H,29,33). The Morgan fingerprint density at radius 3 is 2.40 bits per heavy atom. The molecular formula is C24H24F3N5O2S. The molecule has 1 aromatic heterocycles. The van der Waals surface area contributed by atoms with Crippen molar-refractivity contribution in [3.8, 4) is 0 Å². The topological polar surface area (TPSA) is 77.6 Å². The number of carbonyl (C=O) groups is 2. The van der Waals surface area contributed by atoms with Gasteiger partial charge in [-0.2, -0.15) is 17.5 Å². The maximum atomic E-state index is 13.2. The molecule has 7 nitrogen and oxygen atoms in total. The van der Waals surface area contributed by atoms with Gasteiger partial charge in [-0.3, -0.25) is 9.59 Å². The number of hydrogen-bond donors (Lipinski definition) is 2. The van der Waals surface area contributed by atoms with Crippen LogP contribution < -0.4 is 15.5 Å². The minimum Gasteiger partial charge on any atom is -0.385 e. The molecule has 0 aliphatic carbocycles. The summed E-state index contributed by atoms with van der Waals surface area (Å²) in [5.41, 5.74) is 1.23. The average molecular weight is 504 g/mol. The number of halogens is 3. The molecule has 4 rings (SSSR count). The van der Waals surface area contributed by atoms with Gasteiger partial charge >= 0.3 is 6.18 Å². The van der Waals surface area contributed by atoms with Crippen LogP contribution in [0.25, 0.3) is 0 Å². The Hall–Kier alpha value is -3.60. The molecule has 0 atom stereocenters. The van der Waals surface area contributed by atoms with Gasteiger partial charge in [-0.05, 0) is 35.3 Å². The molecule has 1 aliphatic rings. The van der Waals surface area contributed by atoms with Crippen molar-refractivity contribution in [3.63, 3.8) is 0 Å². The highest BCUT2D eigenvalue weighted by atomic mass is 32.1. The predicted octanol–water partition coefficient (Wildman–Crippen LogP) is 4.10. The van der Waals surface area contributed by atoms with Crippen LogP contribution in [0.2, 0.25) is 0 Å². The summed E-state index contributed by atoms with van der Waals surface area (Å²) in [7, 11) is 1.63. The number of piperazine rings is 1. The fraction of sp³-hybridized carbons (Fsp3) is 0.292. The third-order valence-corrected chi connectivity index (χ3v) is 6.59. The van der Waals surface area contributed by atoms with Crippen LogP contribution in [0.3, 0.4) is 0 Å². The van der Waals surface area contributed by atoms with Crippen LogP contribution in [0.4, 0.5) is 24.5 Å². The molecule has 1 aliphatic heterocycles. The Balaban J connectivity index is 1.40. The molecule has 11 heteroatoms. The summed E-state index contributed by atoms with van der Waals surface area (Å²) >= 11 is 0.951. The largest absolute Gasteiger partial charge is 0.416 e. The highest BCUT2D eigenvalue weighted by Crippen LogP contribution is 2.32. The molecule has 184 valence electrons. The lowest BCUT2D eigenvalue weighted by atomic mass is 10.1. The number of nitrogens with zero attached hydrogens (tertiary/aromatic N) is 3. The van der Waals surface area contributed by atoms with E-state index in [1.54, 1.807) is 18.0 Å². The van der Waals surface area contributed by atoms with Gasteiger partial charge in [0.15, 0.2) is 5.69 Å². The summed E-state index contributed by atoms with van der Waals surface area (Å²) in [4.78, 5) is 29.6. The Kier molecular flexibility index (Phi) is 7.25. The van der Waals surface area contributed by atoms with Crippen LogP contribution in [0.1, 0.15) is 31.3 Å². The van der Waals surface area contributed by atoms with Gasteiger partial charge in [-0.25, -0.2) is 0 Å². The van der Waals surface area contributed by atoms with Crippen molar-refractivity contribution in [1.82, 2.24) is 14.6 Å². The number of rotatable bonds is 6. The lowest BCUT2D eigenvalue weighted by Crippen LogP contribution is -2.48. The zero-order chi connectivity index (χ0) is 25.0. The zero-order valence-electron chi connectivity index (χ0n) is 18.9. The van der Waals surface area contributed by atoms with Crippen LogP contribution in [-0.2, 0) is 12.7 Å². The van der Waals surface area contributed by atoms with Gasteiger partial charge in [-0.1, -0.05) is 36.4 Å². The Labute approximate surface area is 204 Å². The lowest BCUT2D eigenvalue weighted by Gasteiger charge is -2.36. The molecule has 0 radical (unpaired) electrons. The van der Waals surface area contributed by atoms with Gasteiger partial charge in [0.25, 0.3) is 11.8 Å². The van der Waals surface area contributed by atoms with Crippen LogP contribution in [0, 0.1) is 0 Å². The molecule has 35 heavy (non-hydrogen) atoms. The summed E-state index contributed by atoms with van der Waals surface area (Å²) in [6.45, 7) is 1.80. The summed E-state index contributed by atoms with van der Waals surface area (Å²) < 4.78 is 43.3. The van der Waals surface area contributed by atoms with E-state index in [1.165, 1.54) is 6.07 Å². The first-order chi connectivity index (χ1) is 16.8. The molecule has 3 aromatic rings. The van der Waals surface area contributed by atoms with Gasteiger partial charge in [0, 0.05) is 45.5 Å². The van der Waals surface area contributed by atoms with Crippen molar-refractivity contribution >= 4 is 34.7 Å². The molecular weight excluding hydrogens is 479 g/mol. The van der Waals surface area contributed by atoms with Crippen molar-refractivity contribution in [2.45, 2.75) is 12.7 Å². The number of benzene rings is 2. The molecule has 0 saturated carbocycles. The first kappa shape index (κ1) is 24.5. The fourth-order valence-corrected chi connectivity index (χ4v) is 4.73. The highest BCUT2D eigenvalue weighted by Gasteiger charge is 2.32. The maximum absolute atomic E-state index is 13.2. The minimum absolute atomic E-state index is 0.152. The van der Waals surface area contributed by atoms with Gasteiger partial charge in [0.05, 0.1) is 11.3 Å². The number of aromatic nitrogens is 1. The van der Waals surface area contributed by atoms with E-state index >= 15 is 0 Å². The van der Waals surface area contributed by atoms with Crippen LogP contribution in [0.15, 0.2) is 54.6 Å². The molecule has 1 saturated heterocycles. The van der Waals surface area contributed by atoms with E-state index in [0.29, 0.717) is 49.0 Å². The summed E-state index contributed by atoms with van der Waals surface area (Å²) in [6.07, 6.45) is -4.41. The number of hydrogen-bond acceptors (Lipinski definition) is 6. The van der Waals surface area contributed by atoms with Crippen LogP contribution in [0.5, 0.6) is 0 Å². The summed E-state index contributed by atoms with van der Waals surface area (Å²) in [5, 5.41) is 5.74. The third kappa shape index (κ3) is 5.56. The zero-order valence-corrected chi connectivity index (χ0v) is 19.7. The second-order valence-corrected chi connectivity index (χ2v) is 8.75. The smallest absolute Gasteiger partial charge is 0.385 e. The summed E-state index contributed by atoms with van der Waals surface area (Å²) in [6, 6.07) is 14.6. The first-order valence-corrected chi connectivity index (χ1v) is 11.8. The Morgan fingerprint density at radius 1 is 1.03 bits per heavy atom. The van der Waals surface area contributed by atoms with Gasteiger partial charge in [-0.15, -0.1) is 0 Å². The van der Waals surface area contributed by atoms with Crippen molar-refractivity contribution in [2.75, 3.05) is 43.4 Å². The maximum Gasteiger partial charge on any atom is 0.416 e. The highest BCUT2D eigenvalue weighted by molar-refractivity contribution is 7.09. The van der Waals surface area contributed by atoms with E-state index in [2.05, 4.69) is 15.0 Å². The molecule has 0 unspecified atom stereocenters. The van der Waals surface area contributed by atoms with Crippen molar-refractivity contribution in [2.24, 2.45) is 0 Å². The van der Waals surface area contributed by atoms with E-state index in [-0.39, 0.29) is 17.5 Å². The van der Waals surface area contributed by atoms with E-state index in [0.717, 1.165) is 29.2 Å². The van der Waals surface area contributed by atoms with Crippen LogP contribution >= 0.6 is 11.5 Å². The molecule has 2 N–H and O–H groups in total. The van der Waals surface area contributed by atoms with E-state index in [9.17, 15) is 22.8 Å². The number of alkyl halides is 3. The molecule has 2 amide bonds. The molecule has 0 spiro atoms. The molecule has 1 fully saturated rings. The van der Waals surface area contributed by atoms with Crippen molar-refractivity contribution in [3.05, 3.63) is 76.3 Å². The normalized spacial score (nSPS) is 14.1. The van der Waals surface area contributed by atoms with Crippen molar-refractivity contribution in [1.29, 1.82) is 0 Å². The van der Waals surface area contributed by atoms with Gasteiger partial charge in [0.1, 0.15) is 4.88 Å². The third-order valence-electron chi connectivity index (χ3n) is 5.75. The Bertz CT molecular complexity index is 1190. The number of carbonyl (C=O) groups excluding carboxylic acids is 2. The quantitative estimate of drug-likeness (QED) is 0.530. The lowest BCUT2D eigenvalue weighted by molar-refractivity contribution is -0.137. The van der Waals surface area contributed by atoms with E-state index in [1.807, 2.05) is 35.2 Å². The summed E-state index contributed by atoms with van der Waals surface area (Å²) in [5.74, 6) is -0.652. The molecule has 2 heterocycles. The number of anilines is 2. The molecule has 2 aromatic carbocycles. The van der Waals surface area contributed by atoms with Gasteiger partial charge in [0.2, 0.25) is 0 Å². The Morgan fingerprint density at radius 2 is 1.74 bits per heavy atom. The number of nitrogens with one attached hydrogen (secondary N) is 2. The van der Waals surface area contributed by atoms with E-state index < -0.39 is 11.7 Å². The molecule has 0 bridgehead atoms. The first-order valence-electron chi connectivity index (χ1n) is 11.0. The second-order valence-electron chi connectivity index (χ2n) is 7.98. The number of amides is 2. The van der Waals surface area contributed by atoms with E-state index in [4.69, 9.17) is 0 Å². The second kappa shape index (κ2) is 10.3. The van der Waals surface area contributed by atoms with Gasteiger partial charge < -0.3 is 20.4 Å². The minimum atomic E-state index is -4.41. The fourth-order valence-electron chi connectivity index (χ4n) is 3.88. The van der Waals surface area contributed by atoms with Crippen molar-refractivity contribution < 1.29 is 22.8 Å². The monoisotopic (exact) mass is 503 g/mol. The predicted molar refractivity (Wildman–Crippen MR) is 129 cm³/mol. The average Bonchev–Trinajstić information content (AvgIpc) is 3.31.